The number of hydrogen-bond donors (Lipinski definition) is 0. The molecule has 0 aliphatic heterocycles. The van der Waals surface area contributed by atoms with Gasteiger partial charge < -0.3 is 9.13 Å². The van der Waals surface area contributed by atoms with Gasteiger partial charge in [-0.05, 0) is 123 Å². The molecule has 0 N–H and O–H groups in total. The molecule has 0 radical (unpaired) electrons. The fourth-order valence-corrected chi connectivity index (χ4v) is 11.9. The molecular formula is C67H43N5. The van der Waals surface area contributed by atoms with E-state index in [9.17, 15) is 0 Å². The van der Waals surface area contributed by atoms with Crippen molar-refractivity contribution in [3.63, 3.8) is 0 Å². The van der Waals surface area contributed by atoms with Gasteiger partial charge in [0.15, 0.2) is 17.5 Å². The van der Waals surface area contributed by atoms with Crippen molar-refractivity contribution < 1.29 is 0 Å². The molecule has 1 aliphatic carbocycles. The van der Waals surface area contributed by atoms with Crippen molar-refractivity contribution in [3.8, 4) is 56.7 Å². The number of para-hydroxylation sites is 2. The highest BCUT2D eigenvalue weighted by molar-refractivity contribution is 6.12. The lowest BCUT2D eigenvalue weighted by molar-refractivity contribution is 0.828. The Labute approximate surface area is 415 Å². The molecule has 0 amide bonds. The predicted molar refractivity (Wildman–Crippen MR) is 297 cm³/mol. The zero-order chi connectivity index (χ0) is 47.3. The smallest absolute Gasteiger partial charge is 0.164 e. The van der Waals surface area contributed by atoms with Gasteiger partial charge >= 0.3 is 0 Å². The number of nitrogens with zero attached hydrogens (tertiary/aromatic N) is 5. The van der Waals surface area contributed by atoms with E-state index in [4.69, 9.17) is 15.0 Å². The van der Waals surface area contributed by atoms with Crippen molar-refractivity contribution >= 4 is 65.2 Å². The molecule has 5 heteroatoms. The fourth-order valence-electron chi connectivity index (χ4n) is 11.9. The van der Waals surface area contributed by atoms with Gasteiger partial charge in [0.1, 0.15) is 0 Å². The predicted octanol–water partition coefficient (Wildman–Crippen LogP) is 16.7. The molecule has 3 aromatic heterocycles. The molecule has 14 aromatic rings. The molecule has 3 heterocycles. The quantitative estimate of drug-likeness (QED) is 0.160. The molecule has 336 valence electrons. The number of rotatable bonds is 7. The lowest BCUT2D eigenvalue weighted by Crippen LogP contribution is -2.02. The second kappa shape index (κ2) is 16.1. The van der Waals surface area contributed by atoms with E-state index < -0.39 is 0 Å². The van der Waals surface area contributed by atoms with Crippen LogP contribution in [0.15, 0.2) is 243 Å². The van der Waals surface area contributed by atoms with Gasteiger partial charge in [0.05, 0.1) is 22.1 Å². The zero-order valence-electron chi connectivity index (χ0n) is 39.1. The Bertz CT molecular complexity index is 4290. The standard InChI is InChI=1S/C67H43N5/c1-3-19-48-43(15-1)17-13-27-56(48)66-68-65(69-67(70-66)57-28-14-18-44-16-2-4-20-49(44)57)45-32-34-46(35-33-45)71-63-37-31-42(39-58-52-23-7-5-21-50(52)51-22-6-8-24-53(51)58)40-59(63)60-41-47(36-38-64(60)71)72-61-29-11-9-25-54(61)55-26-10-12-30-62(55)72/h1-38,40-41,58H,39H2. The van der Waals surface area contributed by atoms with Gasteiger partial charge in [0, 0.05) is 55.5 Å². The van der Waals surface area contributed by atoms with Crippen molar-refractivity contribution in [1.29, 1.82) is 0 Å². The second-order valence-electron chi connectivity index (χ2n) is 19.1. The average Bonchev–Trinajstić information content (AvgIpc) is 4.08. The molecule has 15 rings (SSSR count). The Kier molecular flexibility index (Phi) is 9.02. The van der Waals surface area contributed by atoms with E-state index in [-0.39, 0.29) is 5.92 Å². The summed E-state index contributed by atoms with van der Waals surface area (Å²) in [6.07, 6.45) is 0.908. The van der Waals surface area contributed by atoms with E-state index >= 15 is 0 Å². The summed E-state index contributed by atoms with van der Waals surface area (Å²) in [5.41, 5.74) is 16.6. The maximum Gasteiger partial charge on any atom is 0.164 e. The first kappa shape index (κ1) is 40.4. The Balaban J connectivity index is 0.897. The lowest BCUT2D eigenvalue weighted by Gasteiger charge is -2.14. The van der Waals surface area contributed by atoms with E-state index in [1.54, 1.807) is 0 Å². The second-order valence-corrected chi connectivity index (χ2v) is 19.1. The summed E-state index contributed by atoms with van der Waals surface area (Å²) in [5.74, 6) is 2.19. The first-order valence-corrected chi connectivity index (χ1v) is 24.8. The largest absolute Gasteiger partial charge is 0.309 e. The van der Waals surface area contributed by atoms with Crippen LogP contribution in [-0.4, -0.2) is 24.1 Å². The third kappa shape index (κ3) is 6.30. The molecule has 72 heavy (non-hydrogen) atoms. The van der Waals surface area contributed by atoms with Gasteiger partial charge in [-0.2, -0.15) is 0 Å². The van der Waals surface area contributed by atoms with Gasteiger partial charge in [-0.1, -0.05) is 176 Å². The molecule has 0 unspecified atom stereocenters. The molecule has 0 saturated carbocycles. The maximum absolute atomic E-state index is 5.25. The summed E-state index contributed by atoms with van der Waals surface area (Å²) < 4.78 is 4.84. The minimum absolute atomic E-state index is 0.279. The van der Waals surface area contributed by atoms with Crippen LogP contribution < -0.4 is 0 Å². The average molecular weight is 918 g/mol. The van der Waals surface area contributed by atoms with Crippen LogP contribution in [0.4, 0.5) is 0 Å². The summed E-state index contributed by atoms with van der Waals surface area (Å²) in [7, 11) is 0. The van der Waals surface area contributed by atoms with Gasteiger partial charge in [0.2, 0.25) is 0 Å². The summed E-state index contributed by atoms with van der Waals surface area (Å²) in [4.78, 5) is 15.7. The molecular weight excluding hydrogens is 875 g/mol. The fraction of sp³-hybridized carbons (Fsp3) is 0.0299. The van der Waals surface area contributed by atoms with Gasteiger partial charge in [0.25, 0.3) is 0 Å². The van der Waals surface area contributed by atoms with Gasteiger partial charge in [-0.25, -0.2) is 15.0 Å². The maximum atomic E-state index is 5.25. The number of aromatic nitrogens is 5. The number of fused-ring (bicyclic) bond motifs is 11. The van der Waals surface area contributed by atoms with Crippen molar-refractivity contribution in [2.24, 2.45) is 0 Å². The van der Waals surface area contributed by atoms with Crippen molar-refractivity contribution in [3.05, 3.63) is 259 Å². The first-order chi connectivity index (χ1) is 35.7. The molecule has 0 bridgehead atoms. The Morgan fingerprint density at radius 3 is 1.35 bits per heavy atom. The van der Waals surface area contributed by atoms with Gasteiger partial charge in [-0.15, -0.1) is 0 Å². The normalized spacial score (nSPS) is 12.4. The topological polar surface area (TPSA) is 48.5 Å². The minimum Gasteiger partial charge on any atom is -0.309 e. The van der Waals surface area contributed by atoms with Crippen LogP contribution in [0.3, 0.4) is 0 Å². The molecule has 0 atom stereocenters. The molecule has 0 fully saturated rings. The van der Waals surface area contributed by atoms with E-state index in [2.05, 4.69) is 252 Å². The van der Waals surface area contributed by atoms with Crippen LogP contribution in [0.5, 0.6) is 0 Å². The monoisotopic (exact) mass is 917 g/mol. The van der Waals surface area contributed by atoms with Crippen molar-refractivity contribution in [2.75, 3.05) is 0 Å². The van der Waals surface area contributed by atoms with Gasteiger partial charge in [-0.3, -0.25) is 0 Å². The summed E-state index contributed by atoms with van der Waals surface area (Å²) in [6, 6.07) is 87.8. The third-order valence-electron chi connectivity index (χ3n) is 15.1. The SMILES string of the molecule is c1ccc2c(c1)-c1ccccc1C2Cc1ccc2c(c1)c1cc(-n3c4ccccc4c4ccccc43)ccc1n2-c1ccc(-c2nc(-c3cccc4ccccc34)nc(-c3cccc4ccccc34)n2)cc1. The minimum atomic E-state index is 0.279. The van der Waals surface area contributed by atoms with Crippen LogP contribution in [0, 0.1) is 0 Å². The molecule has 5 nitrogen and oxygen atoms in total. The zero-order valence-corrected chi connectivity index (χ0v) is 39.1. The molecule has 0 saturated heterocycles. The molecule has 1 aliphatic rings. The number of hydrogen-bond acceptors (Lipinski definition) is 3. The Morgan fingerprint density at radius 2 is 0.736 bits per heavy atom. The summed E-state index contributed by atoms with van der Waals surface area (Å²) in [5, 5.41) is 9.43. The van der Waals surface area contributed by atoms with Crippen LogP contribution >= 0.6 is 0 Å². The molecule has 0 spiro atoms. The molecule has 11 aromatic carbocycles. The highest BCUT2D eigenvalue weighted by Gasteiger charge is 2.28. The first-order valence-electron chi connectivity index (χ1n) is 24.8. The Hall–Kier alpha value is -9.45. The van der Waals surface area contributed by atoms with E-state index in [0.29, 0.717) is 17.5 Å². The third-order valence-corrected chi connectivity index (χ3v) is 15.1. The van der Waals surface area contributed by atoms with E-state index in [1.807, 2.05) is 0 Å². The lowest BCUT2D eigenvalue weighted by atomic mass is 9.89. The van der Waals surface area contributed by atoms with E-state index in [0.717, 1.165) is 67.1 Å². The highest BCUT2D eigenvalue weighted by Crippen LogP contribution is 2.47. The van der Waals surface area contributed by atoms with Crippen LogP contribution in [-0.2, 0) is 6.42 Å². The Morgan fingerprint density at radius 1 is 0.306 bits per heavy atom. The highest BCUT2D eigenvalue weighted by atomic mass is 15.0. The van der Waals surface area contributed by atoms with Crippen molar-refractivity contribution in [1.82, 2.24) is 24.1 Å². The van der Waals surface area contributed by atoms with E-state index in [1.165, 1.54) is 60.4 Å². The summed E-state index contributed by atoms with van der Waals surface area (Å²) in [6.45, 7) is 0. The van der Waals surface area contributed by atoms with Crippen molar-refractivity contribution in [2.45, 2.75) is 12.3 Å². The van der Waals surface area contributed by atoms with Crippen LogP contribution in [0.2, 0.25) is 0 Å². The van der Waals surface area contributed by atoms with Crippen LogP contribution in [0.25, 0.3) is 122 Å². The summed E-state index contributed by atoms with van der Waals surface area (Å²) >= 11 is 0. The van der Waals surface area contributed by atoms with Crippen LogP contribution in [0.1, 0.15) is 22.6 Å². The number of benzene rings is 11.